The Kier molecular flexibility index (Phi) is 2.35. The van der Waals surface area contributed by atoms with Gasteiger partial charge in [0, 0.05) is 0 Å². The molecule has 0 unspecified atom stereocenters. The average Bonchev–Trinajstić information content (AvgIpc) is 2.72. The summed E-state index contributed by atoms with van der Waals surface area (Å²) in [5, 5.41) is 0. The molecule has 0 aliphatic heterocycles. The Morgan fingerprint density at radius 2 is 1.86 bits per heavy atom. The Morgan fingerprint density at radius 3 is 2.43 bits per heavy atom. The summed E-state index contributed by atoms with van der Waals surface area (Å²) in [5.74, 6) is 0. The molecule has 5 heteroatoms. The molecule has 72 valence electrons. The van der Waals surface area contributed by atoms with Gasteiger partial charge in [0.2, 0.25) is 9.84 Å². The fourth-order valence-electron chi connectivity index (χ4n) is 1.05. The molecule has 0 atom stereocenters. The van der Waals surface area contributed by atoms with Crippen LogP contribution in [-0.2, 0) is 9.84 Å². The molecule has 0 saturated carbocycles. The van der Waals surface area contributed by atoms with Gasteiger partial charge in [0.05, 0.1) is 16.6 Å². The molecule has 0 fully saturated rings. The van der Waals surface area contributed by atoms with Gasteiger partial charge in [-0.05, 0) is 12.1 Å². The summed E-state index contributed by atoms with van der Waals surface area (Å²) in [6, 6.07) is 8.34. The maximum Gasteiger partial charge on any atom is 0.217 e. The van der Waals surface area contributed by atoms with Crippen molar-refractivity contribution in [3.63, 3.8) is 0 Å². The molecule has 0 spiro atoms. The first-order valence-corrected chi connectivity index (χ1v) is 6.26. The van der Waals surface area contributed by atoms with Crippen LogP contribution >= 0.6 is 11.3 Å². The number of hydrogen-bond donors (Lipinski definition) is 0. The summed E-state index contributed by atoms with van der Waals surface area (Å²) in [6.07, 6.45) is 1.37. The minimum absolute atomic E-state index is 0.281. The number of nitrogens with zero attached hydrogens (tertiary/aromatic N) is 1. The SMILES string of the molecule is O=S(=O)(c1ccccc1)c1cncs1. The molecule has 0 saturated heterocycles. The van der Waals surface area contributed by atoms with Crippen LogP contribution in [0, 0.1) is 0 Å². The zero-order valence-corrected chi connectivity index (χ0v) is 8.75. The van der Waals surface area contributed by atoms with E-state index in [1.807, 2.05) is 0 Å². The summed E-state index contributed by atoms with van der Waals surface area (Å²) < 4.78 is 24.0. The lowest BCUT2D eigenvalue weighted by Crippen LogP contribution is -1.98. The van der Waals surface area contributed by atoms with Gasteiger partial charge < -0.3 is 0 Å². The van der Waals surface area contributed by atoms with E-state index >= 15 is 0 Å². The predicted molar refractivity (Wildman–Crippen MR) is 54.0 cm³/mol. The Bertz CT molecular complexity index is 503. The largest absolute Gasteiger partial charge is 0.252 e. The van der Waals surface area contributed by atoms with Crippen molar-refractivity contribution in [2.45, 2.75) is 9.10 Å². The van der Waals surface area contributed by atoms with Gasteiger partial charge in [-0.15, -0.1) is 11.3 Å². The summed E-state index contributed by atoms with van der Waals surface area (Å²) in [6.45, 7) is 0. The molecule has 1 aromatic carbocycles. The van der Waals surface area contributed by atoms with Crippen LogP contribution in [0.15, 0.2) is 51.1 Å². The van der Waals surface area contributed by atoms with Crippen molar-refractivity contribution in [1.29, 1.82) is 0 Å². The Morgan fingerprint density at radius 1 is 1.14 bits per heavy atom. The third-order valence-corrected chi connectivity index (χ3v) is 4.77. The van der Waals surface area contributed by atoms with E-state index in [4.69, 9.17) is 0 Å². The zero-order valence-electron chi connectivity index (χ0n) is 7.12. The number of thiazole rings is 1. The van der Waals surface area contributed by atoms with Crippen molar-refractivity contribution < 1.29 is 8.42 Å². The zero-order chi connectivity index (χ0) is 10.0. The average molecular weight is 225 g/mol. The number of aromatic nitrogens is 1. The third kappa shape index (κ3) is 1.56. The lowest BCUT2D eigenvalue weighted by molar-refractivity contribution is 0.598. The van der Waals surface area contributed by atoms with E-state index in [9.17, 15) is 8.42 Å². The highest BCUT2D eigenvalue weighted by Crippen LogP contribution is 2.22. The fourth-order valence-corrected chi connectivity index (χ4v) is 3.27. The second-order valence-electron chi connectivity index (χ2n) is 2.64. The standard InChI is InChI=1S/C9H7NO2S2/c11-14(12,9-6-10-7-13-9)8-4-2-1-3-5-8/h1-7H. The smallest absolute Gasteiger partial charge is 0.217 e. The summed E-state index contributed by atoms with van der Waals surface area (Å²) in [5.41, 5.74) is 1.51. The maximum absolute atomic E-state index is 11.9. The molecule has 2 rings (SSSR count). The molecule has 14 heavy (non-hydrogen) atoms. The minimum Gasteiger partial charge on any atom is -0.252 e. The van der Waals surface area contributed by atoms with Gasteiger partial charge in [-0.25, -0.2) is 8.42 Å². The van der Waals surface area contributed by atoms with Gasteiger partial charge in [0.15, 0.2) is 0 Å². The van der Waals surface area contributed by atoms with Crippen LogP contribution in [-0.4, -0.2) is 13.4 Å². The van der Waals surface area contributed by atoms with Gasteiger partial charge in [0.25, 0.3) is 0 Å². The molecule has 1 heterocycles. The van der Waals surface area contributed by atoms with Crippen molar-refractivity contribution in [2.75, 3.05) is 0 Å². The first-order valence-electron chi connectivity index (χ1n) is 3.90. The van der Waals surface area contributed by atoms with Gasteiger partial charge in [0.1, 0.15) is 4.21 Å². The Balaban J connectivity index is 2.55. The van der Waals surface area contributed by atoms with Crippen LogP contribution in [0.5, 0.6) is 0 Å². The fraction of sp³-hybridized carbons (Fsp3) is 0. The van der Waals surface area contributed by atoms with E-state index < -0.39 is 9.84 Å². The van der Waals surface area contributed by atoms with Crippen LogP contribution in [0.25, 0.3) is 0 Å². The number of benzene rings is 1. The van der Waals surface area contributed by atoms with Crippen LogP contribution in [0.1, 0.15) is 0 Å². The van der Waals surface area contributed by atoms with Gasteiger partial charge in [-0.2, -0.15) is 0 Å². The quantitative estimate of drug-likeness (QED) is 0.785. The molecule has 1 aromatic heterocycles. The van der Waals surface area contributed by atoms with Gasteiger partial charge in [-0.1, -0.05) is 18.2 Å². The Hall–Kier alpha value is -1.20. The molecule has 0 aliphatic carbocycles. The normalized spacial score (nSPS) is 11.4. The van der Waals surface area contributed by atoms with E-state index in [0.29, 0.717) is 4.90 Å². The monoisotopic (exact) mass is 225 g/mol. The van der Waals surface area contributed by atoms with Crippen molar-refractivity contribution in [3.05, 3.63) is 42.0 Å². The highest BCUT2D eigenvalue weighted by atomic mass is 32.2. The summed E-state index contributed by atoms with van der Waals surface area (Å²) >= 11 is 1.13. The molecular formula is C9H7NO2S2. The van der Waals surface area contributed by atoms with E-state index in [1.54, 1.807) is 30.3 Å². The van der Waals surface area contributed by atoms with E-state index in [-0.39, 0.29) is 4.21 Å². The molecule has 3 nitrogen and oxygen atoms in total. The highest BCUT2D eigenvalue weighted by Gasteiger charge is 2.18. The molecular weight excluding hydrogens is 218 g/mol. The van der Waals surface area contributed by atoms with E-state index in [0.717, 1.165) is 11.3 Å². The third-order valence-electron chi connectivity index (χ3n) is 1.73. The topological polar surface area (TPSA) is 47.0 Å². The molecule has 0 aliphatic rings. The predicted octanol–water partition coefficient (Wildman–Crippen LogP) is 1.98. The highest BCUT2D eigenvalue weighted by molar-refractivity contribution is 7.93. The molecule has 2 aromatic rings. The van der Waals surface area contributed by atoms with Crippen molar-refractivity contribution in [2.24, 2.45) is 0 Å². The number of sulfone groups is 1. The summed E-state index contributed by atoms with van der Waals surface area (Å²) in [4.78, 5) is 4.06. The number of hydrogen-bond acceptors (Lipinski definition) is 4. The van der Waals surface area contributed by atoms with Gasteiger partial charge in [-0.3, -0.25) is 4.98 Å². The molecule has 0 bridgehead atoms. The van der Waals surface area contributed by atoms with Crippen molar-refractivity contribution in [3.8, 4) is 0 Å². The number of rotatable bonds is 2. The lowest BCUT2D eigenvalue weighted by atomic mass is 10.4. The minimum atomic E-state index is -3.34. The second-order valence-corrected chi connectivity index (χ2v) is 5.70. The maximum atomic E-state index is 11.9. The van der Waals surface area contributed by atoms with Crippen LogP contribution in [0.4, 0.5) is 0 Å². The van der Waals surface area contributed by atoms with Gasteiger partial charge >= 0.3 is 0 Å². The molecule has 0 N–H and O–H groups in total. The van der Waals surface area contributed by atoms with E-state index in [1.165, 1.54) is 11.7 Å². The van der Waals surface area contributed by atoms with Crippen LogP contribution in [0.2, 0.25) is 0 Å². The van der Waals surface area contributed by atoms with Crippen LogP contribution in [0.3, 0.4) is 0 Å². The lowest BCUT2D eigenvalue weighted by Gasteiger charge is -1.99. The second kappa shape index (κ2) is 3.51. The van der Waals surface area contributed by atoms with Crippen molar-refractivity contribution >= 4 is 21.2 Å². The summed E-state index contributed by atoms with van der Waals surface area (Å²) in [7, 11) is -3.34. The molecule has 0 amide bonds. The van der Waals surface area contributed by atoms with E-state index in [2.05, 4.69) is 4.98 Å². The van der Waals surface area contributed by atoms with Crippen molar-refractivity contribution in [1.82, 2.24) is 4.98 Å². The Labute approximate surface area is 86.0 Å². The first-order chi connectivity index (χ1) is 6.71. The van der Waals surface area contributed by atoms with Crippen LogP contribution < -0.4 is 0 Å². The molecule has 0 radical (unpaired) electrons. The first kappa shape index (κ1) is 9.36.